The fourth-order valence-corrected chi connectivity index (χ4v) is 2.57. The highest BCUT2D eigenvalue weighted by Gasteiger charge is 2.22. The Morgan fingerprint density at radius 3 is 2.73 bits per heavy atom. The van der Waals surface area contributed by atoms with Gasteiger partial charge in [-0.25, -0.2) is 15.0 Å². The molecular formula is C15H11ClN6. The lowest BCUT2D eigenvalue weighted by molar-refractivity contribution is 0.933. The highest BCUT2D eigenvalue weighted by molar-refractivity contribution is 6.30. The van der Waals surface area contributed by atoms with E-state index in [-0.39, 0.29) is 0 Å². The third-order valence-corrected chi connectivity index (χ3v) is 3.72. The Labute approximate surface area is 131 Å². The third kappa shape index (κ3) is 1.96. The maximum Gasteiger partial charge on any atom is 0.251 e. The van der Waals surface area contributed by atoms with Gasteiger partial charge in [0.1, 0.15) is 11.5 Å². The van der Waals surface area contributed by atoms with Crippen molar-refractivity contribution in [1.82, 2.24) is 19.7 Å². The molecule has 1 aliphatic rings. The van der Waals surface area contributed by atoms with Crippen molar-refractivity contribution in [3.05, 3.63) is 64.6 Å². The van der Waals surface area contributed by atoms with Gasteiger partial charge in [-0.3, -0.25) is 0 Å². The predicted octanol–water partition coefficient (Wildman–Crippen LogP) is 2.80. The number of nitrogens with one attached hydrogen (secondary N) is 1. The fourth-order valence-electron chi connectivity index (χ4n) is 2.44. The minimum Gasteiger partial charge on any atom is -0.247 e. The summed E-state index contributed by atoms with van der Waals surface area (Å²) in [7, 11) is 0. The SMILES string of the molecule is Cc1nnc2n1-c1ncccc1C(c1ccc(Cl)cc1)=NN2. The molecule has 22 heavy (non-hydrogen) atoms. The van der Waals surface area contributed by atoms with Crippen molar-refractivity contribution in [2.45, 2.75) is 6.92 Å². The summed E-state index contributed by atoms with van der Waals surface area (Å²) in [6.45, 7) is 1.88. The Morgan fingerprint density at radius 2 is 1.91 bits per heavy atom. The number of hydrogen-bond donors (Lipinski definition) is 1. The lowest BCUT2D eigenvalue weighted by Crippen LogP contribution is -2.09. The van der Waals surface area contributed by atoms with Gasteiger partial charge in [0.15, 0.2) is 5.82 Å². The van der Waals surface area contributed by atoms with Crippen molar-refractivity contribution in [2.75, 3.05) is 5.43 Å². The zero-order valence-corrected chi connectivity index (χ0v) is 12.4. The molecule has 6 nitrogen and oxygen atoms in total. The van der Waals surface area contributed by atoms with Crippen LogP contribution in [0.25, 0.3) is 5.82 Å². The van der Waals surface area contributed by atoms with Crippen LogP contribution in [-0.2, 0) is 0 Å². The summed E-state index contributed by atoms with van der Waals surface area (Å²) in [4.78, 5) is 4.48. The molecule has 0 saturated heterocycles. The fraction of sp³-hybridized carbons (Fsp3) is 0.0667. The van der Waals surface area contributed by atoms with Crippen LogP contribution in [0.5, 0.6) is 0 Å². The van der Waals surface area contributed by atoms with Crippen LogP contribution in [0.3, 0.4) is 0 Å². The van der Waals surface area contributed by atoms with E-state index in [0.717, 1.165) is 28.5 Å². The van der Waals surface area contributed by atoms with Gasteiger partial charge in [0.25, 0.3) is 5.95 Å². The lowest BCUT2D eigenvalue weighted by Gasteiger charge is -2.09. The van der Waals surface area contributed by atoms with E-state index < -0.39 is 0 Å². The minimum absolute atomic E-state index is 0.543. The van der Waals surface area contributed by atoms with Crippen molar-refractivity contribution in [2.24, 2.45) is 5.10 Å². The van der Waals surface area contributed by atoms with Crippen LogP contribution in [0.1, 0.15) is 17.0 Å². The molecule has 0 fully saturated rings. The number of aryl methyl sites for hydroxylation is 1. The molecule has 0 bridgehead atoms. The molecule has 0 unspecified atom stereocenters. The quantitative estimate of drug-likeness (QED) is 0.750. The molecule has 0 saturated carbocycles. The summed E-state index contributed by atoms with van der Waals surface area (Å²) in [5.74, 6) is 2.04. The van der Waals surface area contributed by atoms with Gasteiger partial charge in [-0.2, -0.15) is 5.10 Å². The summed E-state index contributed by atoms with van der Waals surface area (Å²) in [6.07, 6.45) is 1.74. The Hall–Kier alpha value is -2.73. The molecule has 0 amide bonds. The molecule has 3 aromatic rings. The Morgan fingerprint density at radius 1 is 1.09 bits per heavy atom. The van der Waals surface area contributed by atoms with Crippen molar-refractivity contribution in [1.29, 1.82) is 0 Å². The molecule has 0 spiro atoms. The smallest absolute Gasteiger partial charge is 0.247 e. The highest BCUT2D eigenvalue weighted by Crippen LogP contribution is 2.25. The van der Waals surface area contributed by atoms with Crippen LogP contribution in [0.2, 0.25) is 5.02 Å². The summed E-state index contributed by atoms with van der Waals surface area (Å²) in [5.41, 5.74) is 5.59. The van der Waals surface area contributed by atoms with Crippen LogP contribution < -0.4 is 5.43 Å². The van der Waals surface area contributed by atoms with Crippen molar-refractivity contribution < 1.29 is 0 Å². The van der Waals surface area contributed by atoms with Crippen molar-refractivity contribution >= 4 is 23.3 Å². The highest BCUT2D eigenvalue weighted by atomic mass is 35.5. The van der Waals surface area contributed by atoms with Gasteiger partial charge >= 0.3 is 0 Å². The normalized spacial score (nSPS) is 12.7. The Bertz CT molecular complexity index is 881. The summed E-state index contributed by atoms with van der Waals surface area (Å²) in [5, 5.41) is 13.3. The molecule has 1 aromatic carbocycles. The minimum atomic E-state index is 0.543. The monoisotopic (exact) mass is 310 g/mol. The molecule has 1 N–H and O–H groups in total. The van der Waals surface area contributed by atoms with Gasteiger partial charge in [0, 0.05) is 22.3 Å². The number of nitrogens with zero attached hydrogens (tertiary/aromatic N) is 5. The molecule has 4 rings (SSSR count). The molecule has 7 heteroatoms. The van der Waals surface area contributed by atoms with Crippen molar-refractivity contribution in [3.63, 3.8) is 0 Å². The number of benzene rings is 1. The predicted molar refractivity (Wildman–Crippen MR) is 84.6 cm³/mol. The second-order valence-corrected chi connectivity index (χ2v) is 5.30. The van der Waals surface area contributed by atoms with Crippen LogP contribution in [-0.4, -0.2) is 25.5 Å². The molecule has 1 aliphatic heterocycles. The van der Waals surface area contributed by atoms with Gasteiger partial charge in [-0.05, 0) is 31.2 Å². The number of anilines is 1. The molecular weight excluding hydrogens is 300 g/mol. The summed E-state index contributed by atoms with van der Waals surface area (Å²) < 4.78 is 1.85. The second kappa shape index (κ2) is 4.92. The zero-order valence-electron chi connectivity index (χ0n) is 11.7. The van der Waals surface area contributed by atoms with Crippen LogP contribution >= 0.6 is 11.6 Å². The van der Waals surface area contributed by atoms with Crippen LogP contribution in [0, 0.1) is 6.92 Å². The van der Waals surface area contributed by atoms with Crippen LogP contribution in [0.15, 0.2) is 47.7 Å². The van der Waals surface area contributed by atoms with Crippen LogP contribution in [0.4, 0.5) is 5.95 Å². The zero-order chi connectivity index (χ0) is 15.1. The first-order valence-corrected chi connectivity index (χ1v) is 7.09. The van der Waals surface area contributed by atoms with E-state index in [1.807, 2.05) is 47.9 Å². The first kappa shape index (κ1) is 13.0. The van der Waals surface area contributed by atoms with Gasteiger partial charge in [-0.15, -0.1) is 10.2 Å². The van der Waals surface area contributed by atoms with Gasteiger partial charge in [-0.1, -0.05) is 23.7 Å². The molecule has 3 heterocycles. The number of aromatic nitrogens is 4. The Kier molecular flexibility index (Phi) is 2.90. The first-order chi connectivity index (χ1) is 10.7. The first-order valence-electron chi connectivity index (χ1n) is 6.71. The molecule has 0 atom stereocenters. The van der Waals surface area contributed by atoms with Crippen molar-refractivity contribution in [3.8, 4) is 5.82 Å². The summed E-state index contributed by atoms with van der Waals surface area (Å²) in [6, 6.07) is 11.4. The van der Waals surface area contributed by atoms with Gasteiger partial charge < -0.3 is 0 Å². The largest absolute Gasteiger partial charge is 0.251 e. The van der Waals surface area contributed by atoms with E-state index >= 15 is 0 Å². The topological polar surface area (TPSA) is 68.0 Å². The second-order valence-electron chi connectivity index (χ2n) is 4.86. The molecule has 0 aliphatic carbocycles. The maximum atomic E-state index is 5.97. The van der Waals surface area contributed by atoms with E-state index in [1.165, 1.54) is 0 Å². The average Bonchev–Trinajstić information content (AvgIpc) is 2.82. The van der Waals surface area contributed by atoms with E-state index in [4.69, 9.17) is 11.6 Å². The Balaban J connectivity index is 1.96. The number of fused-ring (bicyclic) bond motifs is 3. The van der Waals surface area contributed by atoms with Gasteiger partial charge in [0.2, 0.25) is 0 Å². The number of halogens is 1. The standard InChI is InChI=1S/C15H11ClN6/c1-9-18-20-15-21-19-13(10-4-6-11(16)7-5-10)12-3-2-8-17-14(12)22(9)15/h2-8H,1H3,(H,20,21). The molecule has 108 valence electrons. The van der Waals surface area contributed by atoms with E-state index in [0.29, 0.717) is 11.0 Å². The number of hydrogen-bond acceptors (Lipinski definition) is 5. The summed E-state index contributed by atoms with van der Waals surface area (Å²) >= 11 is 5.97. The van der Waals surface area contributed by atoms with E-state index in [2.05, 4.69) is 25.7 Å². The number of rotatable bonds is 1. The lowest BCUT2D eigenvalue weighted by atomic mass is 10.0. The van der Waals surface area contributed by atoms with E-state index in [9.17, 15) is 0 Å². The number of hydrazone groups is 1. The number of pyridine rings is 1. The van der Waals surface area contributed by atoms with Gasteiger partial charge in [0.05, 0.1) is 0 Å². The van der Waals surface area contributed by atoms with E-state index in [1.54, 1.807) is 6.20 Å². The maximum absolute atomic E-state index is 5.97. The molecule has 0 radical (unpaired) electrons. The molecule has 2 aromatic heterocycles. The average molecular weight is 311 g/mol. The third-order valence-electron chi connectivity index (χ3n) is 3.46.